The molecule has 0 saturated heterocycles. The van der Waals surface area contributed by atoms with Crippen LogP contribution in [0.1, 0.15) is 39.5 Å². The van der Waals surface area contributed by atoms with Crippen LogP contribution in [0.2, 0.25) is 0 Å². The van der Waals surface area contributed by atoms with Crippen LogP contribution in [0.25, 0.3) is 0 Å². The number of esters is 1. The van der Waals surface area contributed by atoms with Gasteiger partial charge in [-0.15, -0.1) is 0 Å². The van der Waals surface area contributed by atoms with Crippen LogP contribution in [0.5, 0.6) is 0 Å². The van der Waals surface area contributed by atoms with Crippen molar-refractivity contribution in [1.29, 1.82) is 0 Å². The second-order valence-corrected chi connectivity index (χ2v) is 6.80. The molecule has 4 nitrogen and oxygen atoms in total. The second-order valence-electron chi connectivity index (χ2n) is 6.80. The quantitative estimate of drug-likeness (QED) is 0.223. The van der Waals surface area contributed by atoms with Crippen LogP contribution < -0.4 is 0 Å². The van der Waals surface area contributed by atoms with E-state index in [0.29, 0.717) is 12.6 Å². The number of hydrogen-bond donors (Lipinski definition) is 0. The third-order valence-corrected chi connectivity index (χ3v) is 4.58. The number of halogens is 7. The first-order valence-electron chi connectivity index (χ1n) is 9.24. The molecule has 0 aliphatic rings. The van der Waals surface area contributed by atoms with Gasteiger partial charge in [0.1, 0.15) is 12.4 Å². The van der Waals surface area contributed by atoms with Crippen molar-refractivity contribution in [1.82, 2.24) is 4.90 Å². The van der Waals surface area contributed by atoms with Crippen molar-refractivity contribution in [3.05, 3.63) is 64.0 Å². The molecule has 0 saturated carbocycles. The van der Waals surface area contributed by atoms with E-state index in [9.17, 15) is 35.5 Å². The van der Waals surface area contributed by atoms with E-state index in [1.54, 1.807) is 11.9 Å². The molecule has 0 aromatic heterocycles. The Morgan fingerprint density at radius 1 is 1.09 bits per heavy atom. The van der Waals surface area contributed by atoms with Crippen molar-refractivity contribution in [3.8, 4) is 0 Å². The number of carbonyl (C=O) groups is 1. The summed E-state index contributed by atoms with van der Waals surface area (Å²) in [6, 6.07) is 4.39. The lowest BCUT2D eigenvalue weighted by molar-refractivity contribution is -0.140. The van der Waals surface area contributed by atoms with Gasteiger partial charge in [-0.25, -0.2) is 14.2 Å². The molecule has 11 heteroatoms. The van der Waals surface area contributed by atoms with Gasteiger partial charge in [-0.05, 0) is 37.6 Å². The Hall–Kier alpha value is -3.11. The maximum Gasteiger partial charge on any atom is 0.419 e. The molecule has 174 valence electrons. The first-order chi connectivity index (χ1) is 14.8. The maximum atomic E-state index is 14.1. The van der Waals surface area contributed by atoms with Gasteiger partial charge in [0.15, 0.2) is 0 Å². The zero-order valence-corrected chi connectivity index (χ0v) is 17.2. The van der Waals surface area contributed by atoms with Crippen LogP contribution in [0.3, 0.4) is 0 Å². The number of rotatable bonds is 6. The van der Waals surface area contributed by atoms with Gasteiger partial charge in [-0.2, -0.15) is 26.3 Å². The van der Waals surface area contributed by atoms with Crippen molar-refractivity contribution in [3.63, 3.8) is 0 Å². The number of aliphatic imine (C=N–C) groups is 1. The Morgan fingerprint density at radius 3 is 2.31 bits per heavy atom. The molecule has 0 amide bonds. The molecule has 2 aromatic carbocycles. The Labute approximate surface area is 179 Å². The van der Waals surface area contributed by atoms with E-state index in [-0.39, 0.29) is 11.3 Å². The largest absolute Gasteiger partial charge is 0.457 e. The van der Waals surface area contributed by atoms with E-state index in [1.165, 1.54) is 12.4 Å². The van der Waals surface area contributed by atoms with Gasteiger partial charge in [-0.1, -0.05) is 12.1 Å². The molecule has 2 rings (SSSR count). The number of alkyl halides is 6. The molecule has 2 aromatic rings. The van der Waals surface area contributed by atoms with Gasteiger partial charge < -0.3 is 9.64 Å². The lowest BCUT2D eigenvalue weighted by atomic mass is 9.99. The lowest BCUT2D eigenvalue weighted by Gasteiger charge is -2.17. The third-order valence-electron chi connectivity index (χ3n) is 4.58. The second kappa shape index (κ2) is 9.58. The van der Waals surface area contributed by atoms with Crippen LogP contribution in [0, 0.1) is 12.7 Å². The molecule has 0 unspecified atom stereocenters. The highest BCUT2D eigenvalue weighted by atomic mass is 19.4. The van der Waals surface area contributed by atoms with Crippen molar-refractivity contribution >= 4 is 18.0 Å². The fraction of sp³-hybridized carbons (Fsp3) is 0.333. The highest BCUT2D eigenvalue weighted by Crippen LogP contribution is 2.39. The summed E-state index contributed by atoms with van der Waals surface area (Å²) in [6.07, 6.45) is -8.59. The Kier molecular flexibility index (Phi) is 7.53. The molecule has 0 fully saturated rings. The first-order valence-corrected chi connectivity index (χ1v) is 9.24. The van der Waals surface area contributed by atoms with Gasteiger partial charge in [-0.3, -0.25) is 0 Å². The van der Waals surface area contributed by atoms with Crippen LogP contribution in [-0.4, -0.2) is 30.8 Å². The SMILES string of the molecule is CCN(C)/C=N/c1ccc(C(=O)OCc2cccc(C(F)(F)F)c2F)c(C(F)(F)F)c1C. The van der Waals surface area contributed by atoms with Crippen LogP contribution in [0.4, 0.5) is 36.4 Å². The van der Waals surface area contributed by atoms with Crippen LogP contribution in [-0.2, 0) is 23.7 Å². The lowest BCUT2D eigenvalue weighted by Crippen LogP contribution is -2.18. The van der Waals surface area contributed by atoms with E-state index < -0.39 is 53.0 Å². The molecular formula is C21H19F7N2O2. The predicted molar refractivity (Wildman–Crippen MR) is 103 cm³/mol. The van der Waals surface area contributed by atoms with E-state index >= 15 is 0 Å². The summed E-state index contributed by atoms with van der Waals surface area (Å²) in [6.45, 7) is 2.52. The molecule has 0 bridgehead atoms. The molecule has 0 atom stereocenters. The fourth-order valence-corrected chi connectivity index (χ4v) is 2.75. The average Bonchev–Trinajstić information content (AvgIpc) is 2.69. The van der Waals surface area contributed by atoms with Gasteiger partial charge in [0.25, 0.3) is 0 Å². The molecule has 0 radical (unpaired) electrons. The zero-order chi connectivity index (χ0) is 24.3. The minimum Gasteiger partial charge on any atom is -0.457 e. The normalized spacial score (nSPS) is 12.3. The topological polar surface area (TPSA) is 41.9 Å². The van der Waals surface area contributed by atoms with Gasteiger partial charge >= 0.3 is 18.3 Å². The van der Waals surface area contributed by atoms with Crippen LogP contribution in [0.15, 0.2) is 35.3 Å². The monoisotopic (exact) mass is 464 g/mol. The predicted octanol–water partition coefficient (Wildman–Crippen LogP) is 6.14. The standard InChI is InChI=1S/C21H19F7N2O2/c1-4-30(3)11-29-16-9-8-14(17(12(16)2)21(26,27)28)19(31)32-10-13-6-5-7-15(18(13)22)20(23,24)25/h5-9,11H,4,10H2,1-3H3/b29-11+. The summed E-state index contributed by atoms with van der Waals surface area (Å²) in [5, 5.41) is 0. The van der Waals surface area contributed by atoms with Gasteiger partial charge in [0.05, 0.1) is 28.7 Å². The molecule has 0 N–H and O–H groups in total. The number of ether oxygens (including phenoxy) is 1. The minimum absolute atomic E-state index is 0.0295. The molecule has 0 spiro atoms. The third kappa shape index (κ3) is 5.77. The van der Waals surface area contributed by atoms with E-state index in [1.807, 2.05) is 6.92 Å². The minimum atomic E-state index is -4.98. The maximum absolute atomic E-state index is 14.1. The molecule has 32 heavy (non-hydrogen) atoms. The summed E-state index contributed by atoms with van der Waals surface area (Å²) >= 11 is 0. The van der Waals surface area contributed by atoms with Gasteiger partial charge in [0, 0.05) is 19.2 Å². The summed E-state index contributed by atoms with van der Waals surface area (Å²) in [7, 11) is 1.67. The number of nitrogens with zero attached hydrogens (tertiary/aromatic N) is 2. The number of benzene rings is 2. The summed E-state index contributed by atoms with van der Waals surface area (Å²) in [4.78, 5) is 17.9. The average molecular weight is 464 g/mol. The van der Waals surface area contributed by atoms with Crippen LogP contribution >= 0.6 is 0 Å². The van der Waals surface area contributed by atoms with E-state index in [0.717, 1.165) is 25.1 Å². The zero-order valence-electron chi connectivity index (χ0n) is 17.2. The number of carbonyl (C=O) groups excluding carboxylic acids is 1. The Bertz CT molecular complexity index is 1010. The van der Waals surface area contributed by atoms with E-state index in [4.69, 9.17) is 4.74 Å². The molecule has 0 aliphatic carbocycles. The summed E-state index contributed by atoms with van der Waals surface area (Å²) in [5.41, 5.74) is -4.71. The smallest absolute Gasteiger partial charge is 0.419 e. The van der Waals surface area contributed by atoms with Crippen molar-refractivity contribution in [2.45, 2.75) is 32.8 Å². The summed E-state index contributed by atoms with van der Waals surface area (Å²) < 4.78 is 98.2. The Balaban J connectivity index is 2.37. The Morgan fingerprint density at radius 2 is 1.75 bits per heavy atom. The van der Waals surface area contributed by atoms with Crippen molar-refractivity contribution in [2.75, 3.05) is 13.6 Å². The first kappa shape index (κ1) is 25.2. The van der Waals surface area contributed by atoms with E-state index in [2.05, 4.69) is 4.99 Å². The molecule has 0 aliphatic heterocycles. The fourth-order valence-electron chi connectivity index (χ4n) is 2.75. The van der Waals surface area contributed by atoms with Crippen molar-refractivity contribution < 1.29 is 40.3 Å². The summed E-state index contributed by atoms with van der Waals surface area (Å²) in [5.74, 6) is -3.12. The van der Waals surface area contributed by atoms with Gasteiger partial charge in [0.2, 0.25) is 0 Å². The highest BCUT2D eigenvalue weighted by Gasteiger charge is 2.39. The highest BCUT2D eigenvalue weighted by molar-refractivity contribution is 5.92. The van der Waals surface area contributed by atoms with Crippen molar-refractivity contribution in [2.24, 2.45) is 4.99 Å². The molecular weight excluding hydrogens is 445 g/mol. The number of hydrogen-bond acceptors (Lipinski definition) is 3. The molecule has 0 heterocycles.